The highest BCUT2D eigenvalue weighted by molar-refractivity contribution is 5.51. The van der Waals surface area contributed by atoms with Crippen LogP contribution in [0.3, 0.4) is 0 Å². The molecule has 0 unspecified atom stereocenters. The maximum Gasteiger partial charge on any atom is 0.0385 e. The van der Waals surface area contributed by atoms with E-state index in [0.717, 1.165) is 39.3 Å². The van der Waals surface area contributed by atoms with E-state index in [1.165, 1.54) is 23.2 Å². The minimum atomic E-state index is 0.933. The Morgan fingerprint density at radius 2 is 1.68 bits per heavy atom. The molecule has 3 nitrogen and oxygen atoms in total. The Morgan fingerprint density at radius 3 is 2.59 bits per heavy atom. The number of rotatable bonds is 2. The van der Waals surface area contributed by atoms with Crippen molar-refractivity contribution in [1.29, 1.82) is 0 Å². The third-order valence-corrected chi connectivity index (χ3v) is 4.15. The molecule has 1 aliphatic rings. The Balaban J connectivity index is 1.60. The summed E-state index contributed by atoms with van der Waals surface area (Å²) in [7, 11) is 0. The number of nitrogens with zero attached hydrogens (tertiary/aromatic N) is 1. The molecule has 0 atom stereocenters. The fraction of sp³-hybridized carbons (Fsp3) is 0.368. The highest BCUT2D eigenvalue weighted by atomic mass is 15.1. The summed E-state index contributed by atoms with van der Waals surface area (Å²) in [6, 6.07) is 19.4. The highest BCUT2D eigenvalue weighted by Gasteiger charge is 2.08. The van der Waals surface area contributed by atoms with Crippen molar-refractivity contribution in [3.63, 3.8) is 0 Å². The average molecular weight is 295 g/mol. The standard InChI is InChI=1S/C19H25N3/c1-2-7-17(8-3-1)16-22-13-6-11-21-19-10-5-4-9-18(19)15-20-12-14-22/h1-5,7-10,20-21H,6,11-16H2. The van der Waals surface area contributed by atoms with Crippen LogP contribution < -0.4 is 10.6 Å². The summed E-state index contributed by atoms with van der Waals surface area (Å²) in [6.45, 7) is 6.25. The van der Waals surface area contributed by atoms with Crippen molar-refractivity contribution >= 4 is 5.69 Å². The van der Waals surface area contributed by atoms with Crippen molar-refractivity contribution in [3.8, 4) is 0 Å². The van der Waals surface area contributed by atoms with Crippen LogP contribution in [0.1, 0.15) is 17.5 Å². The summed E-state index contributed by atoms with van der Waals surface area (Å²) in [5.41, 5.74) is 4.03. The van der Waals surface area contributed by atoms with Crippen molar-refractivity contribution < 1.29 is 0 Å². The molecule has 0 amide bonds. The van der Waals surface area contributed by atoms with Crippen LogP contribution in [0.5, 0.6) is 0 Å². The zero-order valence-electron chi connectivity index (χ0n) is 13.1. The third-order valence-electron chi connectivity index (χ3n) is 4.15. The molecule has 0 fully saturated rings. The Kier molecular flexibility index (Phi) is 5.46. The van der Waals surface area contributed by atoms with Crippen LogP contribution in [0.2, 0.25) is 0 Å². The van der Waals surface area contributed by atoms with Gasteiger partial charge in [0.05, 0.1) is 0 Å². The van der Waals surface area contributed by atoms with Gasteiger partial charge < -0.3 is 10.6 Å². The Morgan fingerprint density at radius 1 is 0.864 bits per heavy atom. The second-order valence-electron chi connectivity index (χ2n) is 5.88. The highest BCUT2D eigenvalue weighted by Crippen LogP contribution is 2.15. The van der Waals surface area contributed by atoms with Crippen LogP contribution in [0.25, 0.3) is 0 Å². The maximum atomic E-state index is 3.58. The number of para-hydroxylation sites is 1. The van der Waals surface area contributed by atoms with E-state index in [2.05, 4.69) is 70.1 Å². The number of fused-ring (bicyclic) bond motifs is 1. The summed E-state index contributed by atoms with van der Waals surface area (Å²) in [5, 5.41) is 7.15. The van der Waals surface area contributed by atoms with Gasteiger partial charge in [0.1, 0.15) is 0 Å². The zero-order valence-corrected chi connectivity index (χ0v) is 13.1. The van der Waals surface area contributed by atoms with E-state index in [1.807, 2.05) is 0 Å². The summed E-state index contributed by atoms with van der Waals surface area (Å²) in [4.78, 5) is 2.54. The predicted molar refractivity (Wildman–Crippen MR) is 93.0 cm³/mol. The second kappa shape index (κ2) is 7.97. The van der Waals surface area contributed by atoms with E-state index in [1.54, 1.807) is 0 Å². The van der Waals surface area contributed by atoms with E-state index in [4.69, 9.17) is 0 Å². The van der Waals surface area contributed by atoms with Crippen LogP contribution in [-0.4, -0.2) is 31.1 Å². The van der Waals surface area contributed by atoms with E-state index in [-0.39, 0.29) is 0 Å². The Bertz CT molecular complexity index is 537. The lowest BCUT2D eigenvalue weighted by Crippen LogP contribution is -2.32. The Labute approximate surface area is 133 Å². The lowest BCUT2D eigenvalue weighted by Gasteiger charge is -2.22. The molecule has 3 rings (SSSR count). The van der Waals surface area contributed by atoms with E-state index >= 15 is 0 Å². The third kappa shape index (κ3) is 4.33. The average Bonchev–Trinajstić information content (AvgIpc) is 2.61. The second-order valence-corrected chi connectivity index (χ2v) is 5.88. The molecule has 22 heavy (non-hydrogen) atoms. The molecule has 0 aromatic heterocycles. The van der Waals surface area contributed by atoms with Crippen molar-refractivity contribution in [2.45, 2.75) is 19.5 Å². The molecule has 0 saturated heterocycles. The first-order valence-electron chi connectivity index (χ1n) is 8.20. The molecule has 2 N–H and O–H groups in total. The van der Waals surface area contributed by atoms with Crippen LogP contribution in [0, 0.1) is 0 Å². The molecule has 1 heterocycles. The predicted octanol–water partition coefficient (Wildman–Crippen LogP) is 3.09. The first-order chi connectivity index (χ1) is 10.9. The summed E-state index contributed by atoms with van der Waals surface area (Å²) in [6.07, 6.45) is 1.17. The van der Waals surface area contributed by atoms with Gasteiger partial charge in [0.25, 0.3) is 0 Å². The molecule has 2 aromatic carbocycles. The SMILES string of the molecule is c1ccc(CN2CCCNc3ccccc3CNCC2)cc1. The molecular formula is C19H25N3. The molecule has 1 aliphatic heterocycles. The number of nitrogens with one attached hydrogen (secondary N) is 2. The van der Waals surface area contributed by atoms with Gasteiger partial charge in [-0.05, 0) is 23.6 Å². The largest absolute Gasteiger partial charge is 0.385 e. The smallest absolute Gasteiger partial charge is 0.0385 e. The first-order valence-corrected chi connectivity index (χ1v) is 8.20. The maximum absolute atomic E-state index is 3.58. The number of hydrogen-bond donors (Lipinski definition) is 2. The molecule has 0 saturated carbocycles. The minimum absolute atomic E-state index is 0.933. The minimum Gasteiger partial charge on any atom is -0.385 e. The van der Waals surface area contributed by atoms with Gasteiger partial charge in [0.2, 0.25) is 0 Å². The molecule has 0 bridgehead atoms. The monoisotopic (exact) mass is 295 g/mol. The van der Waals surface area contributed by atoms with Gasteiger partial charge in [0.15, 0.2) is 0 Å². The number of hydrogen-bond acceptors (Lipinski definition) is 3. The van der Waals surface area contributed by atoms with Crippen LogP contribution in [0.4, 0.5) is 5.69 Å². The lowest BCUT2D eigenvalue weighted by atomic mass is 10.1. The quantitative estimate of drug-likeness (QED) is 0.891. The summed E-state index contributed by atoms with van der Waals surface area (Å²) >= 11 is 0. The number of benzene rings is 2. The van der Waals surface area contributed by atoms with Gasteiger partial charge in [0, 0.05) is 45.0 Å². The van der Waals surface area contributed by atoms with Crippen molar-refractivity contribution in [1.82, 2.24) is 10.2 Å². The normalized spacial score (nSPS) is 17.1. The van der Waals surface area contributed by atoms with Crippen molar-refractivity contribution in [2.24, 2.45) is 0 Å². The molecule has 3 heteroatoms. The molecule has 2 aromatic rings. The van der Waals surface area contributed by atoms with Gasteiger partial charge in [-0.15, -0.1) is 0 Å². The lowest BCUT2D eigenvalue weighted by molar-refractivity contribution is 0.264. The van der Waals surface area contributed by atoms with Gasteiger partial charge >= 0.3 is 0 Å². The Hall–Kier alpha value is -1.84. The molecule has 0 radical (unpaired) electrons. The summed E-state index contributed by atoms with van der Waals surface area (Å²) in [5.74, 6) is 0. The molecule has 0 spiro atoms. The number of anilines is 1. The fourth-order valence-electron chi connectivity index (χ4n) is 2.94. The fourth-order valence-corrected chi connectivity index (χ4v) is 2.94. The van der Waals surface area contributed by atoms with Crippen LogP contribution in [0.15, 0.2) is 54.6 Å². The van der Waals surface area contributed by atoms with Gasteiger partial charge in [-0.1, -0.05) is 48.5 Å². The molecular weight excluding hydrogens is 270 g/mol. The van der Waals surface area contributed by atoms with Gasteiger partial charge in [-0.3, -0.25) is 4.90 Å². The molecule has 0 aliphatic carbocycles. The van der Waals surface area contributed by atoms with Crippen LogP contribution >= 0.6 is 0 Å². The van der Waals surface area contributed by atoms with E-state index < -0.39 is 0 Å². The van der Waals surface area contributed by atoms with Gasteiger partial charge in [-0.25, -0.2) is 0 Å². The van der Waals surface area contributed by atoms with E-state index in [0.29, 0.717) is 0 Å². The van der Waals surface area contributed by atoms with Crippen molar-refractivity contribution in [3.05, 3.63) is 65.7 Å². The van der Waals surface area contributed by atoms with E-state index in [9.17, 15) is 0 Å². The van der Waals surface area contributed by atoms with Crippen molar-refractivity contribution in [2.75, 3.05) is 31.5 Å². The first kappa shape index (κ1) is 15.1. The topological polar surface area (TPSA) is 27.3 Å². The zero-order chi connectivity index (χ0) is 15.0. The van der Waals surface area contributed by atoms with Crippen LogP contribution in [-0.2, 0) is 13.1 Å². The van der Waals surface area contributed by atoms with Gasteiger partial charge in [-0.2, -0.15) is 0 Å². The summed E-state index contributed by atoms with van der Waals surface area (Å²) < 4.78 is 0. The molecule has 116 valence electrons.